The van der Waals surface area contributed by atoms with E-state index >= 15 is 0 Å². The molecular weight excluding hydrogens is 376 g/mol. The topological polar surface area (TPSA) is 68.2 Å². The lowest BCUT2D eigenvalue weighted by Crippen LogP contribution is -2.41. The van der Waals surface area contributed by atoms with Crippen LogP contribution in [0.25, 0.3) is 5.69 Å². The van der Waals surface area contributed by atoms with Gasteiger partial charge in [0.15, 0.2) is 5.78 Å². The highest BCUT2D eigenvalue weighted by Gasteiger charge is 2.27. The van der Waals surface area contributed by atoms with Gasteiger partial charge in [0.05, 0.1) is 0 Å². The molecule has 5 heteroatoms. The Balaban J connectivity index is 1.79. The molecule has 0 unspecified atom stereocenters. The molecule has 1 heterocycles. The van der Waals surface area contributed by atoms with Crippen LogP contribution in [0.4, 0.5) is 0 Å². The average Bonchev–Trinajstić information content (AvgIpc) is 2.74. The van der Waals surface area contributed by atoms with Crippen LogP contribution in [0.1, 0.15) is 96.7 Å². The van der Waals surface area contributed by atoms with Crippen LogP contribution in [0.5, 0.6) is 0 Å². The van der Waals surface area contributed by atoms with Crippen LogP contribution in [0.15, 0.2) is 35.1 Å². The van der Waals surface area contributed by atoms with E-state index in [2.05, 4.69) is 19.2 Å². The molecule has 2 aromatic rings. The van der Waals surface area contributed by atoms with Crippen molar-refractivity contribution in [3.63, 3.8) is 0 Å². The lowest BCUT2D eigenvalue weighted by atomic mass is 9.92. The van der Waals surface area contributed by atoms with Crippen LogP contribution in [0, 0.1) is 0 Å². The summed E-state index contributed by atoms with van der Waals surface area (Å²) < 4.78 is 1.59. The van der Waals surface area contributed by atoms with Crippen LogP contribution >= 0.6 is 0 Å². The molecule has 1 amide bonds. The zero-order chi connectivity index (χ0) is 21.3. The van der Waals surface area contributed by atoms with Gasteiger partial charge in [-0.05, 0) is 55.4 Å². The molecule has 30 heavy (non-hydrogen) atoms. The molecule has 1 fully saturated rings. The lowest BCUT2D eigenvalue weighted by molar-refractivity contribution is 0.0925. The van der Waals surface area contributed by atoms with Crippen molar-refractivity contribution in [1.29, 1.82) is 0 Å². The monoisotopic (exact) mass is 406 g/mol. The van der Waals surface area contributed by atoms with Gasteiger partial charge in [-0.15, -0.1) is 0 Å². The fraction of sp³-hybridized carbons (Fsp3) is 0.480. The van der Waals surface area contributed by atoms with Gasteiger partial charge < -0.3 is 5.32 Å². The third kappa shape index (κ3) is 3.98. The Morgan fingerprint density at radius 2 is 1.70 bits per heavy atom. The first-order chi connectivity index (χ1) is 14.5. The SMILES string of the molecule is CC(C)c1ccc(-n2c3c(cc(C(=O)NC4CCCCC4)c2=O)C(=O)CCC3)cc1. The van der Waals surface area contributed by atoms with Crippen molar-refractivity contribution in [2.45, 2.75) is 77.2 Å². The Hall–Kier alpha value is -2.69. The molecule has 0 radical (unpaired) electrons. The highest BCUT2D eigenvalue weighted by Crippen LogP contribution is 2.25. The third-order valence-corrected chi connectivity index (χ3v) is 6.42. The van der Waals surface area contributed by atoms with E-state index in [-0.39, 0.29) is 28.9 Å². The summed E-state index contributed by atoms with van der Waals surface area (Å²) in [6.07, 6.45) is 7.12. The summed E-state index contributed by atoms with van der Waals surface area (Å²) in [5.74, 6) is 0.0370. The zero-order valence-corrected chi connectivity index (χ0v) is 17.9. The largest absolute Gasteiger partial charge is 0.349 e. The van der Waals surface area contributed by atoms with E-state index in [0.717, 1.165) is 37.8 Å². The van der Waals surface area contributed by atoms with Gasteiger partial charge in [-0.1, -0.05) is 45.2 Å². The fourth-order valence-corrected chi connectivity index (χ4v) is 4.65. The number of ketones is 1. The molecule has 0 saturated heterocycles. The summed E-state index contributed by atoms with van der Waals surface area (Å²) in [6.45, 7) is 4.25. The number of benzene rings is 1. The van der Waals surface area contributed by atoms with Crippen molar-refractivity contribution >= 4 is 11.7 Å². The molecule has 1 aromatic heterocycles. The van der Waals surface area contributed by atoms with Crippen LogP contribution in [-0.4, -0.2) is 22.3 Å². The second-order valence-corrected chi connectivity index (χ2v) is 8.89. The fourth-order valence-electron chi connectivity index (χ4n) is 4.65. The minimum Gasteiger partial charge on any atom is -0.349 e. The molecule has 2 aliphatic carbocycles. The van der Waals surface area contributed by atoms with E-state index < -0.39 is 0 Å². The number of carbonyl (C=O) groups excluding carboxylic acids is 2. The second-order valence-electron chi connectivity index (χ2n) is 8.89. The predicted octanol–water partition coefficient (Wildman–Crippen LogP) is 4.54. The molecule has 4 rings (SSSR count). The number of aromatic nitrogens is 1. The average molecular weight is 407 g/mol. The summed E-state index contributed by atoms with van der Waals surface area (Å²) in [7, 11) is 0. The van der Waals surface area contributed by atoms with Crippen molar-refractivity contribution in [2.24, 2.45) is 0 Å². The number of hydrogen-bond donors (Lipinski definition) is 1. The van der Waals surface area contributed by atoms with E-state index in [1.165, 1.54) is 18.1 Å². The van der Waals surface area contributed by atoms with E-state index in [1.54, 1.807) is 4.57 Å². The maximum Gasteiger partial charge on any atom is 0.268 e. The maximum absolute atomic E-state index is 13.4. The van der Waals surface area contributed by atoms with Crippen molar-refractivity contribution in [3.05, 3.63) is 63.1 Å². The van der Waals surface area contributed by atoms with Gasteiger partial charge in [-0.3, -0.25) is 19.0 Å². The molecule has 0 bridgehead atoms. The van der Waals surface area contributed by atoms with Gasteiger partial charge in [-0.25, -0.2) is 0 Å². The highest BCUT2D eigenvalue weighted by atomic mass is 16.2. The van der Waals surface area contributed by atoms with Crippen molar-refractivity contribution in [2.75, 3.05) is 0 Å². The number of carbonyl (C=O) groups is 2. The molecule has 0 aliphatic heterocycles. The van der Waals surface area contributed by atoms with Crippen molar-refractivity contribution in [1.82, 2.24) is 9.88 Å². The molecule has 5 nitrogen and oxygen atoms in total. The van der Waals surface area contributed by atoms with Crippen LogP contribution in [-0.2, 0) is 6.42 Å². The Bertz CT molecular complexity index is 1010. The van der Waals surface area contributed by atoms with Crippen molar-refractivity contribution in [3.8, 4) is 5.69 Å². The van der Waals surface area contributed by atoms with Gasteiger partial charge in [0, 0.05) is 29.4 Å². The Kier molecular flexibility index (Phi) is 5.89. The first-order valence-electron chi connectivity index (χ1n) is 11.2. The van der Waals surface area contributed by atoms with Crippen LogP contribution in [0.3, 0.4) is 0 Å². The standard InChI is InChI=1S/C25H30N2O3/c1-16(2)17-11-13-19(14-12-17)27-22-9-6-10-23(28)20(22)15-21(25(27)30)24(29)26-18-7-4-3-5-8-18/h11-16,18H,3-10H2,1-2H3,(H,26,29). The zero-order valence-electron chi connectivity index (χ0n) is 17.9. The summed E-state index contributed by atoms with van der Waals surface area (Å²) in [4.78, 5) is 39.1. The van der Waals surface area contributed by atoms with Gasteiger partial charge >= 0.3 is 0 Å². The summed E-state index contributed by atoms with van der Waals surface area (Å²) in [6, 6.07) is 9.50. The minimum atomic E-state index is -0.361. The van der Waals surface area contributed by atoms with E-state index in [4.69, 9.17) is 0 Å². The van der Waals surface area contributed by atoms with Crippen molar-refractivity contribution < 1.29 is 9.59 Å². The molecule has 0 spiro atoms. The highest BCUT2D eigenvalue weighted by molar-refractivity contribution is 6.02. The summed E-state index contributed by atoms with van der Waals surface area (Å²) in [5.41, 5.74) is 2.87. The molecule has 1 aromatic carbocycles. The minimum absolute atomic E-state index is 0.00974. The quantitative estimate of drug-likeness (QED) is 0.810. The number of pyridine rings is 1. The number of fused-ring (bicyclic) bond motifs is 1. The smallest absolute Gasteiger partial charge is 0.268 e. The number of nitrogens with one attached hydrogen (secondary N) is 1. The van der Waals surface area contributed by atoms with Gasteiger partial charge in [0.1, 0.15) is 5.56 Å². The molecule has 1 saturated carbocycles. The van der Waals surface area contributed by atoms with E-state index in [0.29, 0.717) is 30.0 Å². The lowest BCUT2D eigenvalue weighted by Gasteiger charge is -2.24. The van der Waals surface area contributed by atoms with Gasteiger partial charge in [0.2, 0.25) is 0 Å². The Labute approximate surface area is 177 Å². The number of Topliss-reactive ketones (excluding diaryl/α,β-unsaturated/α-hetero) is 1. The third-order valence-electron chi connectivity index (χ3n) is 6.42. The van der Waals surface area contributed by atoms with Crippen LogP contribution in [0.2, 0.25) is 0 Å². The first kappa shape index (κ1) is 20.6. The molecule has 0 atom stereocenters. The van der Waals surface area contributed by atoms with Gasteiger partial charge in [-0.2, -0.15) is 0 Å². The molecule has 2 aliphatic rings. The number of hydrogen-bond acceptors (Lipinski definition) is 3. The van der Waals surface area contributed by atoms with Crippen LogP contribution < -0.4 is 10.9 Å². The normalized spacial score (nSPS) is 17.1. The van der Waals surface area contributed by atoms with E-state index in [1.807, 2.05) is 24.3 Å². The molecule has 1 N–H and O–H groups in total. The van der Waals surface area contributed by atoms with E-state index in [9.17, 15) is 14.4 Å². The Morgan fingerprint density at radius 3 is 2.37 bits per heavy atom. The second kappa shape index (κ2) is 8.58. The number of nitrogens with zero attached hydrogens (tertiary/aromatic N) is 1. The first-order valence-corrected chi connectivity index (χ1v) is 11.2. The number of amides is 1. The van der Waals surface area contributed by atoms with Gasteiger partial charge in [0.25, 0.3) is 11.5 Å². The maximum atomic E-state index is 13.4. The Morgan fingerprint density at radius 1 is 1.00 bits per heavy atom. The summed E-state index contributed by atoms with van der Waals surface area (Å²) >= 11 is 0. The summed E-state index contributed by atoms with van der Waals surface area (Å²) in [5, 5.41) is 3.04. The predicted molar refractivity (Wildman–Crippen MR) is 118 cm³/mol. The molecular formula is C25H30N2O3. The number of rotatable bonds is 4. The molecule has 158 valence electrons.